The van der Waals surface area contributed by atoms with Crippen LogP contribution in [0.1, 0.15) is 30.0 Å². The second kappa shape index (κ2) is 6.18. The van der Waals surface area contributed by atoms with Gasteiger partial charge >= 0.3 is 0 Å². The van der Waals surface area contributed by atoms with Crippen LogP contribution in [-0.4, -0.2) is 5.11 Å². The van der Waals surface area contributed by atoms with E-state index in [1.807, 2.05) is 18.2 Å². The third-order valence-corrected chi connectivity index (χ3v) is 3.35. The number of aliphatic hydroxyl groups is 1. The average molecular weight is 310 g/mol. The van der Waals surface area contributed by atoms with Gasteiger partial charge in [0.15, 0.2) is 0 Å². The van der Waals surface area contributed by atoms with Crippen molar-refractivity contribution in [1.82, 2.24) is 5.32 Å². The van der Waals surface area contributed by atoms with Crippen LogP contribution in [0.5, 0.6) is 0 Å². The van der Waals surface area contributed by atoms with Crippen molar-refractivity contribution in [2.45, 2.75) is 26.1 Å². The van der Waals surface area contributed by atoms with Crippen LogP contribution >= 0.6 is 15.9 Å². The van der Waals surface area contributed by atoms with Crippen molar-refractivity contribution < 1.29 is 9.52 Å². The van der Waals surface area contributed by atoms with E-state index in [9.17, 15) is 0 Å². The molecule has 0 aliphatic rings. The largest absolute Gasteiger partial charge is 0.462 e. The molecule has 96 valence electrons. The summed E-state index contributed by atoms with van der Waals surface area (Å²) < 4.78 is 6.50. The highest BCUT2D eigenvalue weighted by Crippen LogP contribution is 2.17. The molecule has 1 aromatic carbocycles. The molecule has 18 heavy (non-hydrogen) atoms. The highest BCUT2D eigenvalue weighted by molar-refractivity contribution is 9.10. The smallest absolute Gasteiger partial charge is 0.129 e. The van der Waals surface area contributed by atoms with Gasteiger partial charge in [0.2, 0.25) is 0 Å². The molecule has 0 unspecified atom stereocenters. The summed E-state index contributed by atoms with van der Waals surface area (Å²) >= 11 is 3.42. The van der Waals surface area contributed by atoms with Gasteiger partial charge in [-0.15, -0.1) is 0 Å². The molecule has 2 aromatic rings. The van der Waals surface area contributed by atoms with Crippen molar-refractivity contribution in [2.24, 2.45) is 0 Å². The van der Waals surface area contributed by atoms with E-state index < -0.39 is 0 Å². The van der Waals surface area contributed by atoms with E-state index in [0.29, 0.717) is 12.3 Å². The molecule has 2 rings (SSSR count). The molecule has 0 radical (unpaired) electrons. The van der Waals surface area contributed by atoms with E-state index in [-0.39, 0.29) is 12.6 Å². The zero-order chi connectivity index (χ0) is 13.0. The molecule has 1 aromatic heterocycles. The molecule has 3 nitrogen and oxygen atoms in total. The first kappa shape index (κ1) is 13.3. The molecule has 2 N–H and O–H groups in total. The van der Waals surface area contributed by atoms with E-state index >= 15 is 0 Å². The van der Waals surface area contributed by atoms with Crippen LogP contribution in [-0.2, 0) is 13.2 Å². The summed E-state index contributed by atoms with van der Waals surface area (Å²) in [6.07, 6.45) is 0. The fourth-order valence-electron chi connectivity index (χ4n) is 1.73. The van der Waals surface area contributed by atoms with Crippen LogP contribution in [0.3, 0.4) is 0 Å². The van der Waals surface area contributed by atoms with Crippen molar-refractivity contribution >= 4 is 15.9 Å². The third-order valence-electron chi connectivity index (χ3n) is 2.83. The van der Waals surface area contributed by atoms with Gasteiger partial charge in [0, 0.05) is 10.5 Å². The topological polar surface area (TPSA) is 45.4 Å². The first-order chi connectivity index (χ1) is 8.69. The lowest BCUT2D eigenvalue weighted by atomic mass is 10.1. The normalized spacial score (nSPS) is 12.6. The summed E-state index contributed by atoms with van der Waals surface area (Å²) in [5.74, 6) is 1.44. The van der Waals surface area contributed by atoms with Crippen LogP contribution in [0.2, 0.25) is 0 Å². The maximum Gasteiger partial charge on any atom is 0.129 e. The number of hydrogen-bond acceptors (Lipinski definition) is 3. The van der Waals surface area contributed by atoms with Crippen molar-refractivity contribution in [3.05, 3.63) is 58.0 Å². The standard InChI is InChI=1S/C14H16BrNO2/c1-10(11-2-4-12(15)5-3-11)16-8-13-6-7-14(9-17)18-13/h2-7,10,16-17H,8-9H2,1H3/t10-/m0/s1. The molecule has 4 heteroatoms. The lowest BCUT2D eigenvalue weighted by Crippen LogP contribution is -2.17. The molecule has 1 atom stereocenters. The Hall–Kier alpha value is -1.10. The Bertz CT molecular complexity index is 493. The van der Waals surface area contributed by atoms with Crippen LogP contribution < -0.4 is 5.32 Å². The maximum atomic E-state index is 8.91. The van der Waals surface area contributed by atoms with Crippen LogP contribution in [0.25, 0.3) is 0 Å². The molecule has 0 spiro atoms. The first-order valence-electron chi connectivity index (χ1n) is 5.86. The predicted octanol–water partition coefficient (Wildman–Crippen LogP) is 3.39. The van der Waals surface area contributed by atoms with Gasteiger partial charge in [-0.25, -0.2) is 0 Å². The van der Waals surface area contributed by atoms with E-state index in [1.165, 1.54) is 5.56 Å². The van der Waals surface area contributed by atoms with E-state index in [0.717, 1.165) is 10.2 Å². The molecule has 0 saturated heterocycles. The molecule has 1 heterocycles. The fraction of sp³-hybridized carbons (Fsp3) is 0.286. The Morgan fingerprint density at radius 3 is 2.44 bits per heavy atom. The monoisotopic (exact) mass is 309 g/mol. The van der Waals surface area contributed by atoms with Gasteiger partial charge in [-0.2, -0.15) is 0 Å². The minimum atomic E-state index is -0.0533. The number of benzene rings is 1. The van der Waals surface area contributed by atoms with Gasteiger partial charge in [0.25, 0.3) is 0 Å². The number of furan rings is 1. The zero-order valence-electron chi connectivity index (χ0n) is 10.2. The molecule has 0 fully saturated rings. The lowest BCUT2D eigenvalue weighted by molar-refractivity contribution is 0.242. The van der Waals surface area contributed by atoms with Gasteiger partial charge in [-0.1, -0.05) is 28.1 Å². The second-order valence-electron chi connectivity index (χ2n) is 4.18. The number of aliphatic hydroxyl groups excluding tert-OH is 1. The van der Waals surface area contributed by atoms with Crippen molar-refractivity contribution in [3.8, 4) is 0 Å². The highest BCUT2D eigenvalue weighted by Gasteiger charge is 2.06. The summed E-state index contributed by atoms with van der Waals surface area (Å²) in [7, 11) is 0. The number of hydrogen-bond donors (Lipinski definition) is 2. The Balaban J connectivity index is 1.91. The molecular formula is C14H16BrNO2. The van der Waals surface area contributed by atoms with Gasteiger partial charge in [-0.3, -0.25) is 0 Å². The Kier molecular flexibility index (Phi) is 4.58. The maximum absolute atomic E-state index is 8.91. The number of nitrogens with one attached hydrogen (secondary N) is 1. The van der Waals surface area contributed by atoms with E-state index in [4.69, 9.17) is 9.52 Å². The zero-order valence-corrected chi connectivity index (χ0v) is 11.8. The van der Waals surface area contributed by atoms with Crippen molar-refractivity contribution in [1.29, 1.82) is 0 Å². The highest BCUT2D eigenvalue weighted by atomic mass is 79.9. The fourth-order valence-corrected chi connectivity index (χ4v) is 1.99. The quantitative estimate of drug-likeness (QED) is 0.890. The van der Waals surface area contributed by atoms with Gasteiger partial charge in [0.05, 0.1) is 6.54 Å². The molecule has 0 aliphatic heterocycles. The average Bonchev–Trinajstić information content (AvgIpc) is 2.85. The van der Waals surface area contributed by atoms with Gasteiger partial charge in [0.1, 0.15) is 18.1 Å². The Morgan fingerprint density at radius 1 is 1.17 bits per heavy atom. The van der Waals surface area contributed by atoms with Gasteiger partial charge < -0.3 is 14.8 Å². The predicted molar refractivity (Wildman–Crippen MR) is 74.0 cm³/mol. The molecule has 0 amide bonds. The van der Waals surface area contributed by atoms with Gasteiger partial charge in [-0.05, 0) is 36.8 Å². The van der Waals surface area contributed by atoms with E-state index in [1.54, 1.807) is 6.07 Å². The van der Waals surface area contributed by atoms with Crippen LogP contribution in [0.4, 0.5) is 0 Å². The summed E-state index contributed by atoms with van der Waals surface area (Å²) in [6.45, 7) is 2.71. The lowest BCUT2D eigenvalue weighted by Gasteiger charge is -2.13. The molecule has 0 bridgehead atoms. The minimum Gasteiger partial charge on any atom is -0.462 e. The Morgan fingerprint density at radius 2 is 1.83 bits per heavy atom. The summed E-state index contributed by atoms with van der Waals surface area (Å²) in [6, 6.07) is 12.2. The number of rotatable bonds is 5. The van der Waals surface area contributed by atoms with E-state index in [2.05, 4.69) is 40.3 Å². The summed E-state index contributed by atoms with van der Waals surface area (Å²) in [4.78, 5) is 0. The SMILES string of the molecule is C[C@H](NCc1ccc(CO)o1)c1ccc(Br)cc1. The summed E-state index contributed by atoms with van der Waals surface area (Å²) in [5, 5.41) is 12.3. The van der Waals surface area contributed by atoms with Crippen LogP contribution in [0.15, 0.2) is 45.3 Å². The molecular weight excluding hydrogens is 294 g/mol. The van der Waals surface area contributed by atoms with Crippen molar-refractivity contribution in [2.75, 3.05) is 0 Å². The molecule has 0 aliphatic carbocycles. The third kappa shape index (κ3) is 3.45. The summed E-state index contributed by atoms with van der Waals surface area (Å²) in [5.41, 5.74) is 1.23. The molecule has 0 saturated carbocycles. The van der Waals surface area contributed by atoms with Crippen molar-refractivity contribution in [3.63, 3.8) is 0 Å². The number of halogens is 1. The Labute approximate surface area is 115 Å². The van der Waals surface area contributed by atoms with Crippen LogP contribution in [0, 0.1) is 0 Å². The first-order valence-corrected chi connectivity index (χ1v) is 6.65. The minimum absolute atomic E-state index is 0.0533. The second-order valence-corrected chi connectivity index (χ2v) is 5.10.